The van der Waals surface area contributed by atoms with Crippen LogP contribution in [-0.4, -0.2) is 45.9 Å². The summed E-state index contributed by atoms with van der Waals surface area (Å²) in [5, 5.41) is 12.6. The Hall–Kier alpha value is -1.36. The number of aryl methyl sites for hydroxylation is 1. The van der Waals surface area contributed by atoms with E-state index in [4.69, 9.17) is 5.11 Å². The van der Waals surface area contributed by atoms with E-state index in [1.807, 2.05) is 0 Å². The Kier molecular flexibility index (Phi) is 4.98. The second-order valence-corrected chi connectivity index (χ2v) is 3.85. The second kappa shape index (κ2) is 6.27. The van der Waals surface area contributed by atoms with Crippen molar-refractivity contribution in [1.29, 1.82) is 0 Å². The summed E-state index contributed by atoms with van der Waals surface area (Å²) in [5.41, 5.74) is 0.602. The summed E-state index contributed by atoms with van der Waals surface area (Å²) >= 11 is 0. The summed E-state index contributed by atoms with van der Waals surface area (Å²) in [6.45, 7) is 0.934. The molecule has 1 aromatic heterocycles. The van der Waals surface area contributed by atoms with Crippen LogP contribution < -0.4 is 0 Å². The maximum Gasteiger partial charge on any atom is 0.271 e. The first-order chi connectivity index (χ1) is 7.66. The molecule has 0 unspecified atom stereocenters. The highest BCUT2D eigenvalue weighted by Gasteiger charge is 2.14. The molecule has 0 radical (unpaired) electrons. The van der Waals surface area contributed by atoms with Gasteiger partial charge in [-0.1, -0.05) is 0 Å². The summed E-state index contributed by atoms with van der Waals surface area (Å²) in [6.07, 6.45) is 4.28. The van der Waals surface area contributed by atoms with Crippen LogP contribution in [0.2, 0.25) is 0 Å². The van der Waals surface area contributed by atoms with E-state index in [-0.39, 0.29) is 12.5 Å². The zero-order valence-corrected chi connectivity index (χ0v) is 9.89. The lowest BCUT2D eigenvalue weighted by atomic mass is 10.2. The number of rotatable bonds is 6. The quantitative estimate of drug-likeness (QED) is 0.723. The molecule has 5 heteroatoms. The molecule has 1 heterocycles. The van der Waals surface area contributed by atoms with Gasteiger partial charge in [0.05, 0.1) is 0 Å². The second-order valence-electron chi connectivity index (χ2n) is 3.85. The molecule has 0 aliphatic rings. The van der Waals surface area contributed by atoms with E-state index in [1.165, 1.54) is 0 Å². The number of nitrogens with zero attached hydrogens (tertiary/aromatic N) is 3. The average Bonchev–Trinajstić information content (AvgIpc) is 2.69. The van der Waals surface area contributed by atoms with Crippen LogP contribution in [0.3, 0.4) is 0 Å². The molecule has 0 aromatic carbocycles. The topological polar surface area (TPSA) is 58.4 Å². The van der Waals surface area contributed by atoms with Crippen molar-refractivity contribution in [1.82, 2.24) is 14.7 Å². The minimum Gasteiger partial charge on any atom is -0.396 e. The average molecular weight is 225 g/mol. The molecular weight excluding hydrogens is 206 g/mol. The first-order valence-electron chi connectivity index (χ1n) is 5.51. The van der Waals surface area contributed by atoms with E-state index >= 15 is 0 Å². The van der Waals surface area contributed by atoms with Crippen LogP contribution in [0.4, 0.5) is 0 Å². The lowest BCUT2D eigenvalue weighted by Gasteiger charge is -2.16. The molecule has 0 bridgehead atoms. The van der Waals surface area contributed by atoms with Crippen molar-refractivity contribution in [2.45, 2.75) is 19.3 Å². The van der Waals surface area contributed by atoms with Crippen molar-refractivity contribution in [2.75, 3.05) is 20.2 Å². The number of aliphatic hydroxyl groups is 1. The van der Waals surface area contributed by atoms with E-state index < -0.39 is 0 Å². The molecular formula is C11H19N3O2. The van der Waals surface area contributed by atoms with Gasteiger partial charge in [-0.15, -0.1) is 0 Å². The summed E-state index contributed by atoms with van der Waals surface area (Å²) in [5.74, 6) is -0.0102. The maximum atomic E-state index is 11.9. The molecule has 90 valence electrons. The van der Waals surface area contributed by atoms with Crippen LogP contribution in [0.15, 0.2) is 12.3 Å². The number of hydrogen-bond acceptors (Lipinski definition) is 3. The molecule has 5 nitrogen and oxygen atoms in total. The molecule has 1 amide bonds. The van der Waals surface area contributed by atoms with Gasteiger partial charge in [-0.25, -0.2) is 0 Å². The number of amides is 1. The van der Waals surface area contributed by atoms with Gasteiger partial charge in [-0.05, 0) is 25.3 Å². The van der Waals surface area contributed by atoms with Crippen LogP contribution in [-0.2, 0) is 7.05 Å². The van der Waals surface area contributed by atoms with Crippen molar-refractivity contribution < 1.29 is 9.90 Å². The molecule has 0 saturated heterocycles. The molecule has 1 N–H and O–H groups in total. The fourth-order valence-electron chi connectivity index (χ4n) is 1.52. The molecule has 0 aliphatic heterocycles. The lowest BCUT2D eigenvalue weighted by Crippen LogP contribution is -2.29. The van der Waals surface area contributed by atoms with Crippen LogP contribution >= 0.6 is 0 Å². The van der Waals surface area contributed by atoms with E-state index in [0.29, 0.717) is 12.2 Å². The third-order valence-corrected chi connectivity index (χ3v) is 2.54. The number of hydrogen-bond donors (Lipinski definition) is 1. The Morgan fingerprint density at radius 3 is 2.81 bits per heavy atom. The molecule has 1 aromatic rings. The molecule has 0 atom stereocenters. The van der Waals surface area contributed by atoms with Crippen molar-refractivity contribution in [2.24, 2.45) is 7.05 Å². The smallest absolute Gasteiger partial charge is 0.271 e. The normalized spacial score (nSPS) is 10.4. The zero-order chi connectivity index (χ0) is 12.0. The van der Waals surface area contributed by atoms with Gasteiger partial charge in [0.25, 0.3) is 5.91 Å². The van der Waals surface area contributed by atoms with Gasteiger partial charge in [-0.2, -0.15) is 5.10 Å². The van der Waals surface area contributed by atoms with Crippen LogP contribution in [0, 0.1) is 0 Å². The van der Waals surface area contributed by atoms with Crippen LogP contribution in [0.5, 0.6) is 0 Å². The Bertz CT molecular complexity index is 336. The number of unbranched alkanes of at least 4 members (excludes halogenated alkanes) is 2. The number of aliphatic hydroxyl groups excluding tert-OH is 1. The molecule has 0 aliphatic carbocycles. The van der Waals surface area contributed by atoms with Gasteiger partial charge in [0.1, 0.15) is 5.69 Å². The van der Waals surface area contributed by atoms with Gasteiger partial charge in [-0.3, -0.25) is 9.48 Å². The monoisotopic (exact) mass is 225 g/mol. The highest BCUT2D eigenvalue weighted by molar-refractivity contribution is 5.92. The van der Waals surface area contributed by atoms with E-state index in [1.54, 1.807) is 35.9 Å². The van der Waals surface area contributed by atoms with Gasteiger partial charge in [0, 0.05) is 33.4 Å². The van der Waals surface area contributed by atoms with Crippen molar-refractivity contribution in [3.8, 4) is 0 Å². The van der Waals surface area contributed by atoms with Gasteiger partial charge in [0.15, 0.2) is 0 Å². The minimum atomic E-state index is -0.0102. The van der Waals surface area contributed by atoms with E-state index in [0.717, 1.165) is 19.3 Å². The van der Waals surface area contributed by atoms with Crippen molar-refractivity contribution in [3.63, 3.8) is 0 Å². The number of aromatic nitrogens is 2. The Balaban J connectivity index is 2.40. The van der Waals surface area contributed by atoms with Crippen LogP contribution in [0.1, 0.15) is 29.8 Å². The number of carbonyl (C=O) groups is 1. The minimum absolute atomic E-state index is 0.0102. The van der Waals surface area contributed by atoms with Crippen molar-refractivity contribution in [3.05, 3.63) is 18.0 Å². The number of carbonyl (C=O) groups excluding carboxylic acids is 1. The van der Waals surface area contributed by atoms with Crippen LogP contribution in [0.25, 0.3) is 0 Å². The van der Waals surface area contributed by atoms with Gasteiger partial charge in [0.2, 0.25) is 0 Å². The summed E-state index contributed by atoms with van der Waals surface area (Å²) in [7, 11) is 3.54. The highest BCUT2D eigenvalue weighted by Crippen LogP contribution is 2.03. The largest absolute Gasteiger partial charge is 0.396 e. The standard InChI is InChI=1S/C11H19N3O2/c1-13(8-4-3-5-9-15)11(16)10-6-7-12-14(10)2/h6-7,15H,3-5,8-9H2,1-2H3. The predicted molar refractivity (Wildman–Crippen MR) is 61.1 cm³/mol. The molecule has 1 rings (SSSR count). The zero-order valence-electron chi connectivity index (χ0n) is 9.89. The Morgan fingerprint density at radius 2 is 2.25 bits per heavy atom. The molecule has 0 spiro atoms. The fourth-order valence-corrected chi connectivity index (χ4v) is 1.52. The molecule has 0 fully saturated rings. The lowest BCUT2D eigenvalue weighted by molar-refractivity contribution is 0.0781. The first kappa shape index (κ1) is 12.7. The van der Waals surface area contributed by atoms with Crippen molar-refractivity contribution >= 4 is 5.91 Å². The fraction of sp³-hybridized carbons (Fsp3) is 0.636. The molecule has 16 heavy (non-hydrogen) atoms. The molecule has 0 saturated carbocycles. The van der Waals surface area contributed by atoms with E-state index in [2.05, 4.69) is 5.10 Å². The van der Waals surface area contributed by atoms with Gasteiger partial charge < -0.3 is 10.0 Å². The Morgan fingerprint density at radius 1 is 1.50 bits per heavy atom. The predicted octanol–water partition coefficient (Wildman–Crippen LogP) is 0.655. The third-order valence-electron chi connectivity index (χ3n) is 2.54. The summed E-state index contributed by atoms with van der Waals surface area (Å²) in [4.78, 5) is 13.6. The van der Waals surface area contributed by atoms with E-state index in [9.17, 15) is 4.79 Å². The summed E-state index contributed by atoms with van der Waals surface area (Å²) < 4.78 is 1.58. The third kappa shape index (κ3) is 3.34. The van der Waals surface area contributed by atoms with Gasteiger partial charge >= 0.3 is 0 Å². The Labute approximate surface area is 95.7 Å². The first-order valence-corrected chi connectivity index (χ1v) is 5.51. The SMILES string of the molecule is CN(CCCCCO)C(=O)c1ccnn1C. The highest BCUT2D eigenvalue weighted by atomic mass is 16.2. The maximum absolute atomic E-state index is 11.9. The summed E-state index contributed by atoms with van der Waals surface area (Å²) in [6, 6.07) is 1.71.